The number of nitrogens with two attached hydrogens (primary N) is 1. The summed E-state index contributed by atoms with van der Waals surface area (Å²) >= 11 is 0. The average Bonchev–Trinajstić information content (AvgIpc) is 2.27. The molecule has 1 heterocycles. The van der Waals surface area contributed by atoms with Crippen LogP contribution in [0, 0.1) is 5.92 Å². The Balaban J connectivity index is 2.51. The van der Waals surface area contributed by atoms with Crippen LogP contribution in [-0.2, 0) is 9.53 Å². The highest BCUT2D eigenvalue weighted by Gasteiger charge is 2.28. The molecule has 0 aromatic carbocycles. The van der Waals surface area contributed by atoms with Crippen molar-refractivity contribution < 1.29 is 14.3 Å². The summed E-state index contributed by atoms with van der Waals surface area (Å²) in [6.07, 6.45) is 1.55. The predicted octanol–water partition coefficient (Wildman–Crippen LogP) is 0.318. The molecule has 18 heavy (non-hydrogen) atoms. The number of carbonyl (C=O) groups excluding carboxylic acids is 2. The molecular formula is C12H23N3O3. The van der Waals surface area contributed by atoms with Crippen molar-refractivity contribution in [1.82, 2.24) is 10.2 Å². The van der Waals surface area contributed by atoms with E-state index >= 15 is 0 Å². The molecule has 0 spiro atoms. The molecule has 0 aromatic heterocycles. The Morgan fingerprint density at radius 1 is 1.39 bits per heavy atom. The second-order valence-electron chi connectivity index (χ2n) is 4.73. The van der Waals surface area contributed by atoms with Crippen molar-refractivity contribution in [3.05, 3.63) is 0 Å². The van der Waals surface area contributed by atoms with E-state index in [1.165, 1.54) is 0 Å². The van der Waals surface area contributed by atoms with E-state index in [9.17, 15) is 9.59 Å². The molecule has 1 fully saturated rings. The number of hydrogen-bond acceptors (Lipinski definition) is 4. The normalized spacial score (nSPS) is 24.6. The molecule has 6 nitrogen and oxygen atoms in total. The largest absolute Gasteiger partial charge is 0.450 e. The maximum atomic E-state index is 11.4. The summed E-state index contributed by atoms with van der Waals surface area (Å²) in [6.45, 7) is 6.01. The zero-order valence-electron chi connectivity index (χ0n) is 11.1. The van der Waals surface area contributed by atoms with Crippen LogP contribution in [0.15, 0.2) is 0 Å². The van der Waals surface area contributed by atoms with E-state index in [0.717, 1.165) is 19.4 Å². The van der Waals surface area contributed by atoms with Gasteiger partial charge in [0.05, 0.1) is 13.2 Å². The van der Waals surface area contributed by atoms with Gasteiger partial charge in [-0.05, 0) is 19.3 Å². The van der Waals surface area contributed by atoms with Gasteiger partial charge >= 0.3 is 6.09 Å². The van der Waals surface area contributed by atoms with Crippen LogP contribution in [0.2, 0.25) is 0 Å². The SMILES string of the molecule is CCOC(=O)NC1CC(CC)CN(CC(N)=O)C1. The zero-order chi connectivity index (χ0) is 13.5. The van der Waals surface area contributed by atoms with Gasteiger partial charge in [0.1, 0.15) is 0 Å². The molecule has 0 aromatic rings. The molecule has 104 valence electrons. The Bertz CT molecular complexity index is 296. The van der Waals surface area contributed by atoms with Crippen molar-refractivity contribution in [3.8, 4) is 0 Å². The summed E-state index contributed by atoms with van der Waals surface area (Å²) in [7, 11) is 0. The van der Waals surface area contributed by atoms with Crippen molar-refractivity contribution in [1.29, 1.82) is 0 Å². The Kier molecular flexibility index (Phi) is 5.91. The topological polar surface area (TPSA) is 84.7 Å². The average molecular weight is 257 g/mol. The molecule has 0 saturated carbocycles. The van der Waals surface area contributed by atoms with Gasteiger partial charge in [-0.1, -0.05) is 13.3 Å². The lowest BCUT2D eigenvalue weighted by atomic mass is 9.92. The fraction of sp³-hybridized carbons (Fsp3) is 0.833. The Morgan fingerprint density at radius 2 is 2.11 bits per heavy atom. The Hall–Kier alpha value is -1.30. The smallest absolute Gasteiger partial charge is 0.407 e. The van der Waals surface area contributed by atoms with Crippen LogP contribution in [0.1, 0.15) is 26.7 Å². The first-order valence-corrected chi connectivity index (χ1v) is 6.49. The lowest BCUT2D eigenvalue weighted by molar-refractivity contribution is -0.119. The monoisotopic (exact) mass is 257 g/mol. The summed E-state index contributed by atoms with van der Waals surface area (Å²) < 4.78 is 4.87. The van der Waals surface area contributed by atoms with E-state index in [1.54, 1.807) is 6.92 Å². The molecule has 2 amide bonds. The third-order valence-corrected chi connectivity index (χ3v) is 3.17. The molecular weight excluding hydrogens is 234 g/mol. The van der Waals surface area contributed by atoms with Crippen molar-refractivity contribution in [2.45, 2.75) is 32.7 Å². The van der Waals surface area contributed by atoms with Crippen molar-refractivity contribution >= 4 is 12.0 Å². The number of primary amides is 1. The lowest BCUT2D eigenvalue weighted by Gasteiger charge is -2.36. The van der Waals surface area contributed by atoms with Crippen molar-refractivity contribution in [3.63, 3.8) is 0 Å². The first-order chi connectivity index (χ1) is 8.55. The van der Waals surface area contributed by atoms with E-state index < -0.39 is 6.09 Å². The Morgan fingerprint density at radius 3 is 2.67 bits per heavy atom. The van der Waals surface area contributed by atoms with Crippen LogP contribution < -0.4 is 11.1 Å². The van der Waals surface area contributed by atoms with E-state index in [-0.39, 0.29) is 18.5 Å². The highest BCUT2D eigenvalue weighted by Crippen LogP contribution is 2.19. The van der Waals surface area contributed by atoms with E-state index in [0.29, 0.717) is 19.1 Å². The van der Waals surface area contributed by atoms with Crippen molar-refractivity contribution in [2.75, 3.05) is 26.2 Å². The summed E-state index contributed by atoms with van der Waals surface area (Å²) in [6, 6.07) is 0.0297. The number of likely N-dealkylation sites (tertiary alicyclic amines) is 1. The van der Waals surface area contributed by atoms with E-state index in [1.807, 2.05) is 4.90 Å². The van der Waals surface area contributed by atoms with Crippen LogP contribution in [-0.4, -0.2) is 49.2 Å². The van der Waals surface area contributed by atoms with Gasteiger partial charge in [-0.25, -0.2) is 4.79 Å². The van der Waals surface area contributed by atoms with Gasteiger partial charge < -0.3 is 15.8 Å². The molecule has 1 aliphatic heterocycles. The zero-order valence-corrected chi connectivity index (χ0v) is 11.1. The predicted molar refractivity (Wildman–Crippen MR) is 68.0 cm³/mol. The summed E-state index contributed by atoms with van der Waals surface area (Å²) in [5, 5.41) is 2.83. The van der Waals surface area contributed by atoms with Gasteiger partial charge in [-0.3, -0.25) is 9.69 Å². The number of nitrogens with zero attached hydrogens (tertiary/aromatic N) is 1. The standard InChI is InChI=1S/C12H23N3O3/c1-3-9-5-10(14-12(17)18-4-2)7-15(6-9)8-11(13)16/h9-10H,3-8H2,1-2H3,(H2,13,16)(H,14,17). The third-order valence-electron chi connectivity index (χ3n) is 3.17. The van der Waals surface area contributed by atoms with Gasteiger partial charge in [0.25, 0.3) is 0 Å². The fourth-order valence-corrected chi connectivity index (χ4v) is 2.39. The molecule has 1 rings (SSSR count). The third kappa shape index (κ3) is 4.91. The molecule has 0 bridgehead atoms. The van der Waals surface area contributed by atoms with Gasteiger partial charge in [0.2, 0.25) is 5.91 Å². The molecule has 2 atom stereocenters. The van der Waals surface area contributed by atoms with Crippen LogP contribution in [0.5, 0.6) is 0 Å². The van der Waals surface area contributed by atoms with Crippen LogP contribution in [0.4, 0.5) is 4.79 Å². The lowest BCUT2D eigenvalue weighted by Crippen LogP contribution is -2.52. The molecule has 0 radical (unpaired) electrons. The number of alkyl carbamates (subject to hydrolysis) is 1. The van der Waals surface area contributed by atoms with Crippen LogP contribution in [0.3, 0.4) is 0 Å². The van der Waals surface area contributed by atoms with Gasteiger partial charge in [-0.15, -0.1) is 0 Å². The highest BCUT2D eigenvalue weighted by molar-refractivity contribution is 5.76. The van der Waals surface area contributed by atoms with Crippen LogP contribution in [0.25, 0.3) is 0 Å². The maximum absolute atomic E-state index is 11.4. The number of piperidine rings is 1. The van der Waals surface area contributed by atoms with Crippen molar-refractivity contribution in [2.24, 2.45) is 11.7 Å². The van der Waals surface area contributed by atoms with E-state index in [4.69, 9.17) is 10.5 Å². The summed E-state index contributed by atoms with van der Waals surface area (Å²) in [5.74, 6) is 0.145. The summed E-state index contributed by atoms with van der Waals surface area (Å²) in [5.41, 5.74) is 5.21. The minimum Gasteiger partial charge on any atom is -0.450 e. The number of nitrogens with one attached hydrogen (secondary N) is 1. The van der Waals surface area contributed by atoms with Gasteiger partial charge in [0, 0.05) is 19.1 Å². The number of carbonyl (C=O) groups is 2. The quantitative estimate of drug-likeness (QED) is 0.742. The second-order valence-corrected chi connectivity index (χ2v) is 4.73. The first kappa shape index (κ1) is 14.8. The number of hydrogen-bond donors (Lipinski definition) is 2. The second kappa shape index (κ2) is 7.20. The molecule has 2 unspecified atom stereocenters. The first-order valence-electron chi connectivity index (χ1n) is 6.49. The number of rotatable bonds is 5. The van der Waals surface area contributed by atoms with E-state index in [2.05, 4.69) is 12.2 Å². The number of ether oxygens (including phenoxy) is 1. The fourth-order valence-electron chi connectivity index (χ4n) is 2.39. The summed E-state index contributed by atoms with van der Waals surface area (Å²) in [4.78, 5) is 24.4. The molecule has 0 aliphatic carbocycles. The van der Waals surface area contributed by atoms with Crippen LogP contribution >= 0.6 is 0 Å². The minimum atomic E-state index is -0.390. The molecule has 3 N–H and O–H groups in total. The molecule has 1 saturated heterocycles. The van der Waals surface area contributed by atoms with Gasteiger partial charge in [-0.2, -0.15) is 0 Å². The van der Waals surface area contributed by atoms with Gasteiger partial charge in [0.15, 0.2) is 0 Å². The Labute approximate surface area is 108 Å². The highest BCUT2D eigenvalue weighted by atomic mass is 16.5. The molecule has 1 aliphatic rings. The maximum Gasteiger partial charge on any atom is 0.407 e. The number of amides is 2. The molecule has 6 heteroatoms. The minimum absolute atomic E-state index is 0.0297.